The largest absolute Gasteiger partial charge is 0.493 e. The van der Waals surface area contributed by atoms with Gasteiger partial charge in [0.2, 0.25) is 0 Å². The lowest BCUT2D eigenvalue weighted by Gasteiger charge is -2.28. The van der Waals surface area contributed by atoms with Gasteiger partial charge in [0.25, 0.3) is 10.9 Å². The third-order valence-electron chi connectivity index (χ3n) is 7.92. The number of hydrogen-bond acceptors (Lipinski definition) is 9. The topological polar surface area (TPSA) is 132 Å². The van der Waals surface area contributed by atoms with Gasteiger partial charge in [-0.2, -0.15) is 0 Å². The van der Waals surface area contributed by atoms with Crippen LogP contribution in [0.3, 0.4) is 0 Å². The summed E-state index contributed by atoms with van der Waals surface area (Å²) in [5.74, 6) is 1.91. The highest BCUT2D eigenvalue weighted by molar-refractivity contribution is 5.73. The molecule has 0 radical (unpaired) electrons. The lowest BCUT2D eigenvalue weighted by Crippen LogP contribution is -2.44. The van der Waals surface area contributed by atoms with Gasteiger partial charge in [-0.15, -0.1) is 0 Å². The number of aliphatic hydroxyl groups is 1. The number of ether oxygens (including phenoxy) is 3. The summed E-state index contributed by atoms with van der Waals surface area (Å²) < 4.78 is 16.5. The van der Waals surface area contributed by atoms with E-state index in [-0.39, 0.29) is 18.2 Å². The van der Waals surface area contributed by atoms with Crippen LogP contribution in [-0.2, 0) is 17.6 Å². The maximum Gasteiger partial charge on any atom is 0.253 e. The van der Waals surface area contributed by atoms with Crippen LogP contribution in [-0.4, -0.2) is 57.8 Å². The smallest absolute Gasteiger partial charge is 0.253 e. The van der Waals surface area contributed by atoms with E-state index in [0.717, 1.165) is 37.7 Å². The summed E-state index contributed by atoms with van der Waals surface area (Å²) in [5.41, 5.74) is 8.28. The van der Waals surface area contributed by atoms with Crippen molar-refractivity contribution < 1.29 is 19.3 Å². The fraction of sp³-hybridized carbons (Fsp3) is 0.529. The number of nitrogens with one attached hydrogen (secondary N) is 2. The minimum absolute atomic E-state index is 0.0848. The van der Waals surface area contributed by atoms with Crippen molar-refractivity contribution in [3.63, 3.8) is 0 Å². The zero-order valence-electron chi connectivity index (χ0n) is 26.1. The van der Waals surface area contributed by atoms with Crippen molar-refractivity contribution in [2.75, 3.05) is 51.2 Å². The van der Waals surface area contributed by atoms with Crippen molar-refractivity contribution in [2.24, 2.45) is 17.6 Å². The second kappa shape index (κ2) is 17.7. The molecule has 0 aliphatic heterocycles. The predicted octanol–water partition coefficient (Wildman–Crippen LogP) is 4.15. The molecule has 0 fully saturated rings. The quantitative estimate of drug-likeness (QED) is 0.106. The third-order valence-corrected chi connectivity index (χ3v) is 7.92. The average molecular weight is 596 g/mol. The zero-order valence-corrected chi connectivity index (χ0v) is 26.1. The Balaban J connectivity index is 1.49. The lowest BCUT2D eigenvalue weighted by atomic mass is 9.83. The molecule has 3 aromatic rings. The molecule has 0 aromatic heterocycles. The van der Waals surface area contributed by atoms with Crippen LogP contribution in [0.2, 0.25) is 0 Å². The Hall–Kier alpha value is -3.40. The molecule has 0 amide bonds. The SMILES string of the molecule is COCCCOc1cc(C[C@@H](C[C@H](N)[C@@H](O)CNc2c(NCCCCc3ccccc3)c(=O)c2=O)C(C)C)ccc1OC. The molecule has 0 saturated carbocycles. The summed E-state index contributed by atoms with van der Waals surface area (Å²) in [6.45, 7) is 6.13. The van der Waals surface area contributed by atoms with Crippen LogP contribution >= 0.6 is 0 Å². The van der Waals surface area contributed by atoms with E-state index in [1.54, 1.807) is 14.2 Å². The highest BCUT2D eigenvalue weighted by atomic mass is 16.5. The van der Waals surface area contributed by atoms with E-state index < -0.39 is 23.0 Å². The van der Waals surface area contributed by atoms with E-state index in [1.807, 2.05) is 36.4 Å². The fourth-order valence-corrected chi connectivity index (χ4v) is 5.15. The lowest BCUT2D eigenvalue weighted by molar-refractivity contribution is 0.137. The van der Waals surface area contributed by atoms with E-state index in [9.17, 15) is 14.7 Å². The summed E-state index contributed by atoms with van der Waals surface area (Å²) in [4.78, 5) is 24.4. The number of hydrogen-bond donors (Lipinski definition) is 4. The summed E-state index contributed by atoms with van der Waals surface area (Å²) in [6.07, 6.45) is 4.05. The Bertz CT molecular complexity index is 1310. The Labute approximate surface area is 255 Å². The summed E-state index contributed by atoms with van der Waals surface area (Å²) >= 11 is 0. The molecule has 43 heavy (non-hydrogen) atoms. The van der Waals surface area contributed by atoms with Crippen molar-refractivity contribution in [3.05, 3.63) is 80.1 Å². The molecular weight excluding hydrogens is 546 g/mol. The Morgan fingerprint density at radius 1 is 0.860 bits per heavy atom. The first-order valence-corrected chi connectivity index (χ1v) is 15.3. The van der Waals surface area contributed by atoms with Gasteiger partial charge in [0.1, 0.15) is 11.4 Å². The molecule has 3 rings (SSSR count). The molecule has 3 aromatic carbocycles. The first kappa shape index (κ1) is 34.1. The minimum Gasteiger partial charge on any atom is -0.493 e. The molecule has 0 spiro atoms. The van der Waals surface area contributed by atoms with Crippen molar-refractivity contribution in [3.8, 4) is 11.5 Å². The molecule has 0 saturated heterocycles. The number of rotatable bonds is 21. The summed E-state index contributed by atoms with van der Waals surface area (Å²) in [5, 5.41) is 16.9. The van der Waals surface area contributed by atoms with Crippen LogP contribution in [0.15, 0.2) is 58.1 Å². The summed E-state index contributed by atoms with van der Waals surface area (Å²) in [7, 11) is 3.29. The molecule has 0 aliphatic rings. The molecule has 0 unspecified atom stereocenters. The van der Waals surface area contributed by atoms with Gasteiger partial charge in [0, 0.05) is 39.3 Å². The Morgan fingerprint density at radius 2 is 1.58 bits per heavy atom. The van der Waals surface area contributed by atoms with E-state index in [0.29, 0.717) is 49.3 Å². The number of benzene rings is 2. The fourth-order valence-electron chi connectivity index (χ4n) is 5.15. The van der Waals surface area contributed by atoms with Gasteiger partial charge < -0.3 is 35.7 Å². The molecular formula is C34H49N3O6. The van der Waals surface area contributed by atoms with Crippen LogP contribution in [0.5, 0.6) is 11.5 Å². The number of anilines is 2. The van der Waals surface area contributed by atoms with Gasteiger partial charge in [-0.3, -0.25) is 9.59 Å². The van der Waals surface area contributed by atoms with Gasteiger partial charge in [-0.25, -0.2) is 0 Å². The second-order valence-electron chi connectivity index (χ2n) is 11.5. The molecule has 3 atom stereocenters. The zero-order chi connectivity index (χ0) is 31.2. The maximum atomic E-state index is 12.2. The van der Waals surface area contributed by atoms with E-state index in [1.165, 1.54) is 5.56 Å². The van der Waals surface area contributed by atoms with Gasteiger partial charge in [-0.05, 0) is 67.2 Å². The third kappa shape index (κ3) is 10.4. The molecule has 9 nitrogen and oxygen atoms in total. The van der Waals surface area contributed by atoms with Crippen molar-refractivity contribution in [1.29, 1.82) is 0 Å². The van der Waals surface area contributed by atoms with Gasteiger partial charge in [-0.1, -0.05) is 50.2 Å². The Kier molecular flexibility index (Phi) is 14.0. The van der Waals surface area contributed by atoms with Crippen molar-refractivity contribution in [2.45, 2.75) is 64.5 Å². The maximum absolute atomic E-state index is 12.2. The van der Waals surface area contributed by atoms with Gasteiger partial charge >= 0.3 is 0 Å². The molecule has 5 N–H and O–H groups in total. The number of nitrogens with two attached hydrogens (primary N) is 1. The van der Waals surface area contributed by atoms with Crippen LogP contribution in [0.25, 0.3) is 0 Å². The first-order valence-electron chi connectivity index (χ1n) is 15.3. The number of aryl methyl sites for hydroxylation is 1. The van der Waals surface area contributed by atoms with E-state index >= 15 is 0 Å². The number of methoxy groups -OCH3 is 2. The molecule has 0 aliphatic carbocycles. The minimum atomic E-state index is -0.889. The van der Waals surface area contributed by atoms with Gasteiger partial charge in [0.05, 0.1) is 19.8 Å². The monoisotopic (exact) mass is 595 g/mol. The van der Waals surface area contributed by atoms with Crippen LogP contribution in [0.1, 0.15) is 50.7 Å². The Morgan fingerprint density at radius 3 is 2.26 bits per heavy atom. The van der Waals surface area contributed by atoms with Crippen molar-refractivity contribution >= 4 is 11.4 Å². The van der Waals surface area contributed by atoms with E-state index in [4.69, 9.17) is 19.9 Å². The van der Waals surface area contributed by atoms with Crippen LogP contribution < -0.4 is 36.7 Å². The van der Waals surface area contributed by atoms with E-state index in [2.05, 4.69) is 36.6 Å². The van der Waals surface area contributed by atoms with Gasteiger partial charge in [0.15, 0.2) is 11.5 Å². The molecule has 236 valence electrons. The standard InChI is InChI=1S/C34H49N3O6/c1-23(2)26(19-25-14-15-29(42-4)30(20-25)43-18-10-17-41-3)21-27(35)28(38)22-37-32-31(33(39)34(32)40)36-16-9-8-13-24-11-6-5-7-12-24/h5-7,11-12,14-15,20,23,26-28,36-38H,8-10,13,16-19,21-22,35H2,1-4H3/t26-,27-,28-/m0/s1. The first-order chi connectivity index (χ1) is 20.7. The molecule has 9 heteroatoms. The molecule has 0 bridgehead atoms. The second-order valence-corrected chi connectivity index (χ2v) is 11.5. The summed E-state index contributed by atoms with van der Waals surface area (Å²) in [6, 6.07) is 15.7. The predicted molar refractivity (Wildman–Crippen MR) is 173 cm³/mol. The molecule has 0 heterocycles. The highest BCUT2D eigenvalue weighted by Crippen LogP contribution is 2.31. The highest BCUT2D eigenvalue weighted by Gasteiger charge is 2.25. The van der Waals surface area contributed by atoms with Crippen LogP contribution in [0, 0.1) is 11.8 Å². The number of unbranched alkanes of at least 4 members (excludes halogenated alkanes) is 1. The van der Waals surface area contributed by atoms with Crippen molar-refractivity contribution in [1.82, 2.24) is 0 Å². The van der Waals surface area contributed by atoms with Crippen LogP contribution in [0.4, 0.5) is 11.4 Å². The normalized spacial score (nSPS) is 13.6. The number of aliphatic hydroxyl groups excluding tert-OH is 1. The average Bonchev–Trinajstić information content (AvgIpc) is 3.01.